The minimum atomic E-state index is -0.510. The van der Waals surface area contributed by atoms with E-state index in [1.54, 1.807) is 36.4 Å². The maximum atomic E-state index is 11.2. The zero-order chi connectivity index (χ0) is 18.0. The van der Waals surface area contributed by atoms with Crippen molar-refractivity contribution in [2.75, 3.05) is 5.32 Å². The molecular weight excluding hydrogens is 365 g/mol. The third-order valence-corrected chi connectivity index (χ3v) is 3.92. The van der Waals surface area contributed by atoms with E-state index in [0.29, 0.717) is 15.7 Å². The number of anilines is 2. The van der Waals surface area contributed by atoms with Gasteiger partial charge in [0, 0.05) is 11.1 Å². The van der Waals surface area contributed by atoms with Gasteiger partial charge in [0.1, 0.15) is 17.3 Å². The number of nitrogens with zero attached hydrogens (tertiary/aromatic N) is 4. The molecule has 0 spiro atoms. The van der Waals surface area contributed by atoms with Gasteiger partial charge < -0.3 is 5.32 Å². The molecule has 0 aliphatic rings. The standard InChI is InChI=1S/C16H9Cl2N5O2/c17-11-5-6-14(12(18)7-11)22-16(10(8-19)9-20-22)21-13-3-1-2-4-15(13)23(24)25/h1-7,9,21H. The van der Waals surface area contributed by atoms with Crippen molar-refractivity contribution in [1.29, 1.82) is 5.26 Å². The lowest BCUT2D eigenvalue weighted by Crippen LogP contribution is -2.05. The SMILES string of the molecule is N#Cc1cnn(-c2ccc(Cl)cc2Cl)c1Nc1ccccc1[N+](=O)[O-]. The smallest absolute Gasteiger partial charge is 0.292 e. The van der Waals surface area contributed by atoms with Crippen LogP contribution in [0.5, 0.6) is 0 Å². The Morgan fingerprint density at radius 2 is 2.00 bits per heavy atom. The second kappa shape index (κ2) is 6.81. The number of hydrogen-bond donors (Lipinski definition) is 1. The molecule has 0 aliphatic carbocycles. The molecule has 2 aromatic carbocycles. The monoisotopic (exact) mass is 373 g/mol. The Labute approximate surface area is 152 Å². The van der Waals surface area contributed by atoms with Gasteiger partial charge in [-0.1, -0.05) is 35.3 Å². The molecular formula is C16H9Cl2N5O2. The number of nitrogens with one attached hydrogen (secondary N) is 1. The van der Waals surface area contributed by atoms with Crippen LogP contribution in [0, 0.1) is 21.4 Å². The summed E-state index contributed by atoms with van der Waals surface area (Å²) in [7, 11) is 0. The van der Waals surface area contributed by atoms with E-state index in [-0.39, 0.29) is 22.8 Å². The van der Waals surface area contributed by atoms with Crippen molar-refractivity contribution >= 4 is 40.4 Å². The van der Waals surface area contributed by atoms with Gasteiger partial charge in [-0.25, -0.2) is 4.68 Å². The van der Waals surface area contributed by atoms with Crippen LogP contribution in [-0.2, 0) is 0 Å². The minimum absolute atomic E-state index is 0.124. The molecule has 25 heavy (non-hydrogen) atoms. The zero-order valence-corrected chi connectivity index (χ0v) is 14.0. The Kier molecular flexibility index (Phi) is 4.57. The zero-order valence-electron chi connectivity index (χ0n) is 12.5. The highest BCUT2D eigenvalue weighted by Crippen LogP contribution is 2.32. The molecule has 0 saturated carbocycles. The summed E-state index contributed by atoms with van der Waals surface area (Å²) >= 11 is 12.1. The second-order valence-corrected chi connectivity index (χ2v) is 5.77. The van der Waals surface area contributed by atoms with E-state index in [4.69, 9.17) is 23.2 Å². The van der Waals surface area contributed by atoms with E-state index >= 15 is 0 Å². The molecule has 1 aromatic heterocycles. The first-order chi connectivity index (χ1) is 12.0. The maximum absolute atomic E-state index is 11.2. The fraction of sp³-hybridized carbons (Fsp3) is 0. The van der Waals surface area contributed by atoms with Gasteiger partial charge in [-0.2, -0.15) is 10.4 Å². The van der Waals surface area contributed by atoms with Crippen molar-refractivity contribution < 1.29 is 4.92 Å². The average Bonchev–Trinajstić information content (AvgIpc) is 2.97. The summed E-state index contributed by atoms with van der Waals surface area (Å²) in [4.78, 5) is 10.7. The predicted octanol–water partition coefficient (Wildman–Crippen LogP) is 4.70. The van der Waals surface area contributed by atoms with E-state index < -0.39 is 4.92 Å². The fourth-order valence-corrected chi connectivity index (χ4v) is 2.74. The largest absolute Gasteiger partial charge is 0.333 e. The molecule has 7 nitrogen and oxygen atoms in total. The summed E-state index contributed by atoms with van der Waals surface area (Å²) in [5, 5.41) is 28.3. The topological polar surface area (TPSA) is 96.8 Å². The molecule has 0 aliphatic heterocycles. The third-order valence-electron chi connectivity index (χ3n) is 3.38. The molecule has 0 bridgehead atoms. The van der Waals surface area contributed by atoms with Gasteiger partial charge in [0.05, 0.1) is 21.8 Å². The van der Waals surface area contributed by atoms with Crippen LogP contribution in [0.2, 0.25) is 10.0 Å². The van der Waals surface area contributed by atoms with Crippen LogP contribution in [0.4, 0.5) is 17.2 Å². The molecule has 0 atom stereocenters. The highest BCUT2D eigenvalue weighted by atomic mass is 35.5. The normalized spacial score (nSPS) is 10.3. The van der Waals surface area contributed by atoms with Crippen LogP contribution in [0.1, 0.15) is 5.56 Å². The fourth-order valence-electron chi connectivity index (χ4n) is 2.25. The van der Waals surface area contributed by atoms with Gasteiger partial charge in [0.25, 0.3) is 5.69 Å². The number of halogens is 2. The van der Waals surface area contributed by atoms with Crippen LogP contribution < -0.4 is 5.32 Å². The molecule has 0 unspecified atom stereocenters. The number of benzene rings is 2. The van der Waals surface area contributed by atoms with Gasteiger partial charge in [0.2, 0.25) is 0 Å². The Hall–Kier alpha value is -3.08. The molecule has 1 N–H and O–H groups in total. The van der Waals surface area contributed by atoms with Gasteiger partial charge in [-0.05, 0) is 24.3 Å². The number of nitriles is 1. The lowest BCUT2D eigenvalue weighted by atomic mass is 10.2. The van der Waals surface area contributed by atoms with Crippen molar-refractivity contribution in [2.45, 2.75) is 0 Å². The van der Waals surface area contributed by atoms with Crippen molar-refractivity contribution in [1.82, 2.24) is 9.78 Å². The quantitative estimate of drug-likeness (QED) is 0.527. The van der Waals surface area contributed by atoms with Gasteiger partial charge in [-0.15, -0.1) is 0 Å². The number of aromatic nitrogens is 2. The van der Waals surface area contributed by atoms with E-state index in [1.807, 2.05) is 6.07 Å². The molecule has 0 radical (unpaired) electrons. The Morgan fingerprint density at radius 1 is 1.24 bits per heavy atom. The Balaban J connectivity index is 2.13. The lowest BCUT2D eigenvalue weighted by molar-refractivity contribution is -0.383. The number of hydrogen-bond acceptors (Lipinski definition) is 5. The molecule has 3 rings (SSSR count). The van der Waals surface area contributed by atoms with Gasteiger partial charge in [0.15, 0.2) is 5.82 Å². The van der Waals surface area contributed by atoms with Crippen LogP contribution in [0.25, 0.3) is 5.69 Å². The third kappa shape index (κ3) is 3.26. The minimum Gasteiger partial charge on any atom is -0.333 e. The van der Waals surface area contributed by atoms with E-state index in [1.165, 1.54) is 16.9 Å². The summed E-state index contributed by atoms with van der Waals surface area (Å²) < 4.78 is 1.40. The average molecular weight is 374 g/mol. The van der Waals surface area contributed by atoms with Gasteiger partial charge in [-0.3, -0.25) is 10.1 Å². The maximum Gasteiger partial charge on any atom is 0.292 e. The van der Waals surface area contributed by atoms with Crippen molar-refractivity contribution in [3.63, 3.8) is 0 Å². The van der Waals surface area contributed by atoms with Crippen molar-refractivity contribution in [2.24, 2.45) is 0 Å². The van der Waals surface area contributed by atoms with Crippen LogP contribution >= 0.6 is 23.2 Å². The summed E-state index contributed by atoms with van der Waals surface area (Å²) in [6.45, 7) is 0. The van der Waals surface area contributed by atoms with Crippen LogP contribution in [0.3, 0.4) is 0 Å². The Bertz CT molecular complexity index is 1010. The van der Waals surface area contributed by atoms with Crippen molar-refractivity contribution in [3.05, 3.63) is 74.4 Å². The van der Waals surface area contributed by atoms with Gasteiger partial charge >= 0.3 is 0 Å². The molecule has 0 fully saturated rings. The lowest BCUT2D eigenvalue weighted by Gasteiger charge is -2.12. The summed E-state index contributed by atoms with van der Waals surface area (Å²) in [5.41, 5.74) is 0.801. The first-order valence-corrected chi connectivity index (χ1v) is 7.71. The highest BCUT2D eigenvalue weighted by Gasteiger charge is 2.19. The number of nitro benzene ring substituents is 1. The number of nitro groups is 1. The highest BCUT2D eigenvalue weighted by molar-refractivity contribution is 6.35. The van der Waals surface area contributed by atoms with E-state index in [0.717, 1.165) is 0 Å². The summed E-state index contributed by atoms with van der Waals surface area (Å²) in [6.07, 6.45) is 1.35. The second-order valence-electron chi connectivity index (χ2n) is 4.93. The molecule has 3 aromatic rings. The summed E-state index contributed by atoms with van der Waals surface area (Å²) in [5.74, 6) is 0.265. The Morgan fingerprint density at radius 3 is 2.68 bits per heavy atom. The number of rotatable bonds is 4. The number of para-hydroxylation sites is 2. The molecule has 0 amide bonds. The molecule has 0 saturated heterocycles. The van der Waals surface area contributed by atoms with E-state index in [2.05, 4.69) is 10.4 Å². The first kappa shape index (κ1) is 16.8. The summed E-state index contributed by atoms with van der Waals surface area (Å²) in [6, 6.07) is 12.9. The molecule has 1 heterocycles. The molecule has 9 heteroatoms. The van der Waals surface area contributed by atoms with Crippen molar-refractivity contribution in [3.8, 4) is 11.8 Å². The van der Waals surface area contributed by atoms with E-state index in [9.17, 15) is 15.4 Å². The first-order valence-electron chi connectivity index (χ1n) is 6.95. The van der Waals surface area contributed by atoms with Crippen LogP contribution in [0.15, 0.2) is 48.7 Å². The van der Waals surface area contributed by atoms with Crippen LogP contribution in [-0.4, -0.2) is 14.7 Å². The molecule has 124 valence electrons. The predicted molar refractivity (Wildman–Crippen MR) is 94.7 cm³/mol.